The minimum atomic E-state index is -0.406. The fourth-order valence-electron chi connectivity index (χ4n) is 4.34. The van der Waals surface area contributed by atoms with E-state index in [-0.39, 0.29) is 17.7 Å². The van der Waals surface area contributed by atoms with Crippen molar-refractivity contribution >= 4 is 17.5 Å². The van der Waals surface area contributed by atoms with Crippen LogP contribution in [0.2, 0.25) is 0 Å². The van der Waals surface area contributed by atoms with E-state index < -0.39 is 6.04 Å². The molecule has 1 aromatic heterocycles. The smallest absolute Gasteiger partial charge is 0.228 e. The van der Waals surface area contributed by atoms with E-state index in [1.165, 1.54) is 0 Å². The van der Waals surface area contributed by atoms with Crippen molar-refractivity contribution in [2.24, 2.45) is 5.92 Å². The molecule has 32 heavy (non-hydrogen) atoms. The molecule has 0 aliphatic carbocycles. The summed E-state index contributed by atoms with van der Waals surface area (Å²) in [4.78, 5) is 30.2. The largest absolute Gasteiger partial charge is 0.497 e. The molecule has 6 heteroatoms. The first-order valence-corrected chi connectivity index (χ1v) is 10.8. The quantitative estimate of drug-likeness (QED) is 0.564. The van der Waals surface area contributed by atoms with Crippen LogP contribution in [0.25, 0.3) is 0 Å². The maximum atomic E-state index is 13.6. The van der Waals surface area contributed by atoms with Crippen LogP contribution in [-0.4, -0.2) is 30.9 Å². The molecule has 2 atom stereocenters. The summed E-state index contributed by atoms with van der Waals surface area (Å²) in [5, 5.41) is 0. The normalized spacial score (nSPS) is 18.5. The molecule has 2 amide bonds. The molecule has 2 aromatic carbocycles. The number of rotatable bonds is 6. The van der Waals surface area contributed by atoms with Crippen LogP contribution in [0.15, 0.2) is 71.3 Å². The molecule has 6 nitrogen and oxygen atoms in total. The number of nitrogens with zero attached hydrogens (tertiary/aromatic N) is 2. The molecule has 3 aromatic rings. The van der Waals surface area contributed by atoms with Gasteiger partial charge in [-0.05, 0) is 55.3 Å². The van der Waals surface area contributed by atoms with Crippen molar-refractivity contribution in [1.82, 2.24) is 4.90 Å². The van der Waals surface area contributed by atoms with Crippen LogP contribution in [0, 0.1) is 12.8 Å². The van der Waals surface area contributed by atoms with Crippen molar-refractivity contribution in [3.63, 3.8) is 0 Å². The zero-order valence-corrected chi connectivity index (χ0v) is 18.7. The second-order valence-electron chi connectivity index (χ2n) is 8.24. The van der Waals surface area contributed by atoms with Gasteiger partial charge in [0.1, 0.15) is 11.5 Å². The second-order valence-corrected chi connectivity index (χ2v) is 8.24. The van der Waals surface area contributed by atoms with E-state index in [9.17, 15) is 9.59 Å². The summed E-state index contributed by atoms with van der Waals surface area (Å²) in [6.45, 7) is 2.40. The fourth-order valence-corrected chi connectivity index (χ4v) is 4.34. The van der Waals surface area contributed by atoms with Crippen LogP contribution in [0.1, 0.15) is 35.8 Å². The molecular formula is C26H28N2O4. The number of benzene rings is 2. The fraction of sp³-hybridized carbons (Fsp3) is 0.308. The highest BCUT2D eigenvalue weighted by Gasteiger charge is 2.42. The maximum absolute atomic E-state index is 13.6. The summed E-state index contributed by atoms with van der Waals surface area (Å²) in [7, 11) is 3.40. The summed E-state index contributed by atoms with van der Waals surface area (Å²) in [5.41, 5.74) is 2.82. The van der Waals surface area contributed by atoms with Crippen LogP contribution >= 0.6 is 0 Å². The Morgan fingerprint density at radius 3 is 2.47 bits per heavy atom. The molecule has 1 aliphatic heterocycles. The van der Waals surface area contributed by atoms with Gasteiger partial charge in [-0.25, -0.2) is 0 Å². The summed E-state index contributed by atoms with van der Waals surface area (Å²) >= 11 is 0. The molecule has 1 saturated heterocycles. The summed E-state index contributed by atoms with van der Waals surface area (Å²) in [6, 6.07) is 18.8. The number of carbonyl (C=O) groups excluding carboxylic acids is 2. The Kier molecular flexibility index (Phi) is 6.30. The van der Waals surface area contributed by atoms with Crippen LogP contribution < -0.4 is 9.64 Å². The predicted octanol–water partition coefficient (Wildman–Crippen LogP) is 4.74. The van der Waals surface area contributed by atoms with Gasteiger partial charge in [-0.15, -0.1) is 0 Å². The average molecular weight is 433 g/mol. The van der Waals surface area contributed by atoms with Crippen LogP contribution in [-0.2, 0) is 16.1 Å². The highest BCUT2D eigenvalue weighted by atomic mass is 16.5. The van der Waals surface area contributed by atoms with Crippen LogP contribution in [0.5, 0.6) is 5.75 Å². The van der Waals surface area contributed by atoms with Crippen molar-refractivity contribution < 1.29 is 18.7 Å². The Balaban J connectivity index is 1.72. The summed E-state index contributed by atoms with van der Waals surface area (Å²) < 4.78 is 10.7. The van der Waals surface area contributed by atoms with Crippen LogP contribution in [0.3, 0.4) is 0 Å². The van der Waals surface area contributed by atoms with Gasteiger partial charge in [-0.3, -0.25) is 9.59 Å². The number of ether oxygens (including phenoxy) is 1. The Bertz CT molecular complexity index is 1060. The molecular weight excluding hydrogens is 404 g/mol. The lowest BCUT2D eigenvalue weighted by Gasteiger charge is -2.42. The van der Waals surface area contributed by atoms with Gasteiger partial charge in [0.15, 0.2) is 0 Å². The zero-order valence-electron chi connectivity index (χ0n) is 18.7. The number of aryl methyl sites for hydroxylation is 1. The van der Waals surface area contributed by atoms with Gasteiger partial charge in [-0.2, -0.15) is 0 Å². The third-order valence-electron chi connectivity index (χ3n) is 6.03. The maximum Gasteiger partial charge on any atom is 0.228 e. The van der Waals surface area contributed by atoms with Crippen molar-refractivity contribution in [3.8, 4) is 5.75 Å². The Labute approximate surface area is 188 Å². The lowest BCUT2D eigenvalue weighted by molar-refractivity contribution is -0.138. The molecule has 0 N–H and O–H groups in total. The minimum Gasteiger partial charge on any atom is -0.497 e. The average Bonchev–Trinajstić information content (AvgIpc) is 3.32. The van der Waals surface area contributed by atoms with Gasteiger partial charge in [0, 0.05) is 19.2 Å². The van der Waals surface area contributed by atoms with E-state index >= 15 is 0 Å². The van der Waals surface area contributed by atoms with Gasteiger partial charge >= 0.3 is 0 Å². The van der Waals surface area contributed by atoms with Crippen molar-refractivity contribution in [2.45, 2.75) is 32.4 Å². The monoisotopic (exact) mass is 432 g/mol. The molecule has 0 radical (unpaired) electrons. The third kappa shape index (κ3) is 4.40. The van der Waals surface area contributed by atoms with E-state index in [4.69, 9.17) is 9.15 Å². The Morgan fingerprint density at radius 2 is 1.84 bits per heavy atom. The molecule has 0 saturated carbocycles. The Morgan fingerprint density at radius 1 is 1.12 bits per heavy atom. The van der Waals surface area contributed by atoms with E-state index in [2.05, 4.69) is 0 Å². The Hall–Kier alpha value is -3.54. The number of hydrogen-bond donors (Lipinski definition) is 0. The van der Waals surface area contributed by atoms with Gasteiger partial charge < -0.3 is 19.0 Å². The molecule has 0 spiro atoms. The van der Waals surface area contributed by atoms with Crippen molar-refractivity contribution in [2.75, 3.05) is 19.1 Å². The number of methoxy groups -OCH3 is 1. The number of hydrogen-bond acceptors (Lipinski definition) is 4. The highest BCUT2D eigenvalue weighted by Crippen LogP contribution is 2.41. The molecule has 166 valence electrons. The molecule has 4 rings (SSSR count). The summed E-state index contributed by atoms with van der Waals surface area (Å²) in [5.74, 6) is 1.10. The second kappa shape index (κ2) is 9.30. The SMILES string of the molecule is COc1ccc(C2C(C(=O)N(C)Cc3ccco3)CCC(=O)N2c2ccc(C)cc2)cc1. The van der Waals surface area contributed by atoms with E-state index in [0.717, 1.165) is 28.3 Å². The number of carbonyl (C=O) groups is 2. The first-order chi connectivity index (χ1) is 15.5. The zero-order chi connectivity index (χ0) is 22.7. The van der Waals surface area contributed by atoms with E-state index in [1.807, 2.05) is 67.6 Å². The van der Waals surface area contributed by atoms with Gasteiger partial charge in [0.25, 0.3) is 0 Å². The van der Waals surface area contributed by atoms with Crippen molar-refractivity contribution in [3.05, 3.63) is 83.8 Å². The lowest BCUT2D eigenvalue weighted by Crippen LogP contribution is -2.48. The highest BCUT2D eigenvalue weighted by molar-refractivity contribution is 5.97. The first kappa shape index (κ1) is 21.7. The number of piperidine rings is 1. The molecule has 0 bridgehead atoms. The summed E-state index contributed by atoms with van der Waals surface area (Å²) in [6.07, 6.45) is 2.43. The standard InChI is InChI=1S/C26H28N2O4/c1-18-6-10-20(11-7-18)28-24(29)15-14-23(25(28)19-8-12-21(31-3)13-9-19)26(30)27(2)17-22-5-4-16-32-22/h4-13,16,23,25H,14-15,17H2,1-3H3. The topological polar surface area (TPSA) is 63.0 Å². The van der Waals surface area contributed by atoms with E-state index in [1.54, 1.807) is 30.2 Å². The minimum absolute atomic E-state index is 0.00757. The van der Waals surface area contributed by atoms with E-state index in [0.29, 0.717) is 19.4 Å². The van der Waals surface area contributed by atoms with Gasteiger partial charge in [0.05, 0.1) is 31.9 Å². The first-order valence-electron chi connectivity index (χ1n) is 10.8. The van der Waals surface area contributed by atoms with Gasteiger partial charge in [0.2, 0.25) is 11.8 Å². The molecule has 1 fully saturated rings. The molecule has 2 unspecified atom stereocenters. The molecule has 1 aliphatic rings. The number of amides is 2. The number of anilines is 1. The molecule has 2 heterocycles. The number of furan rings is 1. The lowest BCUT2D eigenvalue weighted by atomic mass is 9.82. The van der Waals surface area contributed by atoms with Crippen LogP contribution in [0.4, 0.5) is 5.69 Å². The van der Waals surface area contributed by atoms with Crippen molar-refractivity contribution in [1.29, 1.82) is 0 Å². The predicted molar refractivity (Wildman–Crippen MR) is 122 cm³/mol. The van der Waals surface area contributed by atoms with Gasteiger partial charge in [-0.1, -0.05) is 29.8 Å². The third-order valence-corrected chi connectivity index (χ3v) is 6.03.